The van der Waals surface area contributed by atoms with E-state index in [1.807, 2.05) is 6.07 Å². The summed E-state index contributed by atoms with van der Waals surface area (Å²) >= 11 is 0. The van der Waals surface area contributed by atoms with Gasteiger partial charge in [-0.1, -0.05) is 12.1 Å². The molecule has 2 aliphatic rings. The quantitative estimate of drug-likeness (QED) is 0.790. The minimum Gasteiger partial charge on any atom is -0.326 e. The van der Waals surface area contributed by atoms with E-state index in [-0.39, 0.29) is 24.8 Å². The van der Waals surface area contributed by atoms with Crippen molar-refractivity contribution in [2.45, 2.75) is 19.5 Å². The molecule has 0 spiro atoms. The number of carbonyl (C=O) groups excluding carboxylic acids is 3. The van der Waals surface area contributed by atoms with Gasteiger partial charge in [0.15, 0.2) is 0 Å². The first kappa shape index (κ1) is 12.6. The van der Waals surface area contributed by atoms with Crippen molar-refractivity contribution < 1.29 is 14.4 Å². The first-order valence-electron chi connectivity index (χ1n) is 6.35. The van der Waals surface area contributed by atoms with Crippen molar-refractivity contribution in [3.8, 4) is 0 Å². The van der Waals surface area contributed by atoms with Crippen molar-refractivity contribution in [3.05, 3.63) is 34.9 Å². The first-order chi connectivity index (χ1) is 9.61. The van der Waals surface area contributed by atoms with Gasteiger partial charge in [-0.25, -0.2) is 14.8 Å². The fourth-order valence-corrected chi connectivity index (χ4v) is 2.55. The molecule has 7 nitrogen and oxygen atoms in total. The van der Waals surface area contributed by atoms with Gasteiger partial charge in [0.2, 0.25) is 5.91 Å². The van der Waals surface area contributed by atoms with Gasteiger partial charge >= 0.3 is 6.03 Å². The van der Waals surface area contributed by atoms with Gasteiger partial charge in [-0.15, -0.1) is 0 Å². The Labute approximate surface area is 115 Å². The maximum atomic E-state index is 12.4. The molecule has 0 atom stereocenters. The van der Waals surface area contributed by atoms with Crippen LogP contribution < -0.4 is 11.1 Å². The number of hydrazine groups is 1. The van der Waals surface area contributed by atoms with Crippen LogP contribution >= 0.6 is 0 Å². The van der Waals surface area contributed by atoms with E-state index in [0.29, 0.717) is 18.7 Å². The summed E-state index contributed by atoms with van der Waals surface area (Å²) in [5.41, 5.74) is 7.98. The summed E-state index contributed by atoms with van der Waals surface area (Å²) in [5, 5.41) is 4.86. The summed E-state index contributed by atoms with van der Waals surface area (Å²) < 4.78 is 0. The zero-order chi connectivity index (χ0) is 14.3. The van der Waals surface area contributed by atoms with E-state index in [0.717, 1.165) is 11.1 Å². The smallest absolute Gasteiger partial charge is 0.326 e. The molecule has 0 saturated carbocycles. The number of fused-ring (bicyclic) bond motifs is 1. The van der Waals surface area contributed by atoms with E-state index in [1.165, 1.54) is 10.0 Å². The topological polar surface area (TPSA) is 95.7 Å². The monoisotopic (exact) mass is 274 g/mol. The lowest BCUT2D eigenvalue weighted by molar-refractivity contribution is -0.123. The lowest BCUT2D eigenvalue weighted by Crippen LogP contribution is -2.56. The van der Waals surface area contributed by atoms with Gasteiger partial charge < -0.3 is 5.73 Å². The van der Waals surface area contributed by atoms with Gasteiger partial charge in [-0.3, -0.25) is 14.9 Å². The predicted octanol–water partition coefficient (Wildman–Crippen LogP) is -0.0420. The fraction of sp³-hybridized carbons (Fsp3) is 0.308. The Morgan fingerprint density at radius 2 is 2.00 bits per heavy atom. The standard InChI is InChI=1S/C13H14N4O3/c14-6-8-2-1-3-9-10(8)7-17(12(9)19)16-5-4-11(18)15-13(16)20/h1-3H,4-7,14H2,(H,15,18,20). The van der Waals surface area contributed by atoms with Gasteiger partial charge in [0.1, 0.15) is 0 Å². The zero-order valence-corrected chi connectivity index (χ0v) is 10.8. The van der Waals surface area contributed by atoms with Crippen molar-refractivity contribution in [2.75, 3.05) is 6.54 Å². The molecule has 0 unspecified atom stereocenters. The molecule has 3 rings (SSSR count). The largest absolute Gasteiger partial charge is 0.342 e. The lowest BCUT2D eigenvalue weighted by atomic mass is 10.0. The minimum absolute atomic E-state index is 0.190. The molecule has 1 aromatic rings. The van der Waals surface area contributed by atoms with Crippen molar-refractivity contribution in [1.29, 1.82) is 0 Å². The molecule has 0 bridgehead atoms. The molecule has 4 amide bonds. The van der Waals surface area contributed by atoms with Gasteiger partial charge in [-0.2, -0.15) is 0 Å². The number of rotatable bonds is 2. The molecule has 0 aliphatic carbocycles. The van der Waals surface area contributed by atoms with Crippen LogP contribution in [0.25, 0.3) is 0 Å². The summed E-state index contributed by atoms with van der Waals surface area (Å²) in [4.78, 5) is 35.3. The summed E-state index contributed by atoms with van der Waals surface area (Å²) in [6, 6.07) is 4.82. The van der Waals surface area contributed by atoms with Gasteiger partial charge in [0.25, 0.3) is 5.91 Å². The van der Waals surface area contributed by atoms with Gasteiger partial charge in [0, 0.05) is 18.5 Å². The van der Waals surface area contributed by atoms with Crippen LogP contribution in [0.2, 0.25) is 0 Å². The number of benzene rings is 1. The van der Waals surface area contributed by atoms with Crippen LogP contribution in [0.3, 0.4) is 0 Å². The molecule has 1 fully saturated rings. The number of imide groups is 1. The molecular weight excluding hydrogens is 260 g/mol. The van der Waals surface area contributed by atoms with E-state index in [2.05, 4.69) is 5.32 Å². The molecule has 3 N–H and O–H groups in total. The number of nitrogens with two attached hydrogens (primary N) is 1. The van der Waals surface area contributed by atoms with Gasteiger partial charge in [0.05, 0.1) is 13.1 Å². The van der Waals surface area contributed by atoms with Crippen molar-refractivity contribution in [2.24, 2.45) is 5.73 Å². The molecule has 2 heterocycles. The van der Waals surface area contributed by atoms with E-state index in [1.54, 1.807) is 12.1 Å². The molecule has 104 valence electrons. The molecule has 0 radical (unpaired) electrons. The summed E-state index contributed by atoms with van der Waals surface area (Å²) in [7, 11) is 0. The Balaban J connectivity index is 1.90. The van der Waals surface area contributed by atoms with E-state index in [9.17, 15) is 14.4 Å². The Kier molecular flexibility index (Phi) is 2.90. The van der Waals surface area contributed by atoms with Crippen LogP contribution in [0.15, 0.2) is 18.2 Å². The van der Waals surface area contributed by atoms with Crippen molar-refractivity contribution >= 4 is 17.8 Å². The summed E-state index contributed by atoms with van der Waals surface area (Å²) in [6.45, 7) is 0.862. The predicted molar refractivity (Wildman–Crippen MR) is 69.1 cm³/mol. The molecular formula is C13H14N4O3. The average Bonchev–Trinajstić information content (AvgIpc) is 2.76. The maximum Gasteiger partial charge on any atom is 0.342 e. The second kappa shape index (κ2) is 4.61. The van der Waals surface area contributed by atoms with Crippen LogP contribution in [0.1, 0.15) is 27.9 Å². The number of hydrogen-bond acceptors (Lipinski definition) is 4. The van der Waals surface area contributed by atoms with Gasteiger partial charge in [-0.05, 0) is 17.2 Å². The highest BCUT2D eigenvalue weighted by atomic mass is 16.2. The van der Waals surface area contributed by atoms with Crippen molar-refractivity contribution in [3.63, 3.8) is 0 Å². The minimum atomic E-state index is -0.559. The fourth-order valence-electron chi connectivity index (χ4n) is 2.55. The highest BCUT2D eigenvalue weighted by Crippen LogP contribution is 2.27. The first-order valence-corrected chi connectivity index (χ1v) is 6.35. The van der Waals surface area contributed by atoms with Crippen molar-refractivity contribution in [1.82, 2.24) is 15.3 Å². The van der Waals surface area contributed by atoms with Crippen LogP contribution in [-0.2, 0) is 17.9 Å². The lowest BCUT2D eigenvalue weighted by Gasteiger charge is -2.33. The third-order valence-corrected chi connectivity index (χ3v) is 3.59. The molecule has 7 heteroatoms. The molecule has 1 aromatic carbocycles. The maximum absolute atomic E-state index is 12.4. The Bertz CT molecular complexity index is 614. The zero-order valence-electron chi connectivity index (χ0n) is 10.8. The number of urea groups is 1. The number of nitrogens with one attached hydrogen (secondary N) is 1. The second-order valence-electron chi connectivity index (χ2n) is 4.74. The number of carbonyl (C=O) groups is 3. The molecule has 20 heavy (non-hydrogen) atoms. The second-order valence-corrected chi connectivity index (χ2v) is 4.74. The van der Waals surface area contributed by atoms with E-state index in [4.69, 9.17) is 5.73 Å². The van der Waals surface area contributed by atoms with Crippen LogP contribution in [0.5, 0.6) is 0 Å². The van der Waals surface area contributed by atoms with E-state index < -0.39 is 6.03 Å². The summed E-state index contributed by atoms with van der Waals surface area (Å²) in [5.74, 6) is -0.558. The third kappa shape index (κ3) is 1.83. The number of nitrogens with zero attached hydrogens (tertiary/aromatic N) is 2. The highest BCUT2D eigenvalue weighted by molar-refractivity contribution is 6.02. The third-order valence-electron chi connectivity index (χ3n) is 3.59. The molecule has 0 aromatic heterocycles. The van der Waals surface area contributed by atoms with Crippen LogP contribution in [0, 0.1) is 0 Å². The Morgan fingerprint density at radius 3 is 2.70 bits per heavy atom. The number of amides is 4. The Hall–Kier alpha value is -2.41. The SMILES string of the molecule is NCc1cccc2c1CN(N1CCC(=O)NC1=O)C2=O. The average molecular weight is 274 g/mol. The molecule has 1 saturated heterocycles. The Morgan fingerprint density at radius 1 is 1.20 bits per heavy atom. The summed E-state index contributed by atoms with van der Waals surface area (Å²) in [6.07, 6.45) is 0.190. The highest BCUT2D eigenvalue weighted by Gasteiger charge is 2.37. The van der Waals surface area contributed by atoms with E-state index >= 15 is 0 Å². The van der Waals surface area contributed by atoms with Crippen LogP contribution in [-0.4, -0.2) is 34.4 Å². The van der Waals surface area contributed by atoms with Crippen LogP contribution in [0.4, 0.5) is 4.79 Å². The molecule has 2 aliphatic heterocycles. The number of hydrogen-bond donors (Lipinski definition) is 2. The normalized spacial score (nSPS) is 18.4.